The Morgan fingerprint density at radius 1 is 1.40 bits per heavy atom. The van der Waals surface area contributed by atoms with E-state index in [9.17, 15) is 9.18 Å². The fourth-order valence-electron chi connectivity index (χ4n) is 2.40. The van der Waals surface area contributed by atoms with Crippen LogP contribution in [0, 0.1) is 5.82 Å². The van der Waals surface area contributed by atoms with E-state index >= 15 is 0 Å². The van der Waals surface area contributed by atoms with Crippen LogP contribution in [0.3, 0.4) is 0 Å². The van der Waals surface area contributed by atoms with E-state index < -0.39 is 0 Å². The molecule has 0 saturated carbocycles. The Hall–Kier alpha value is -1.17. The minimum absolute atomic E-state index is 0.255. The first-order valence-electron chi connectivity index (χ1n) is 6.67. The molecule has 0 aliphatic carbocycles. The SMILES string of the molecule is CC(C(N)=O)N1CCN(Cc2c(F)cccc2Cl)CC1. The number of nitrogens with two attached hydrogens (primary N) is 1. The summed E-state index contributed by atoms with van der Waals surface area (Å²) in [6.07, 6.45) is 0. The number of amides is 1. The summed E-state index contributed by atoms with van der Waals surface area (Å²) in [5.74, 6) is -0.582. The van der Waals surface area contributed by atoms with Gasteiger partial charge in [-0.15, -0.1) is 0 Å². The van der Waals surface area contributed by atoms with Gasteiger partial charge in [-0.05, 0) is 19.1 Å². The number of hydrogen-bond donors (Lipinski definition) is 1. The molecular weight excluding hydrogens is 281 g/mol. The van der Waals surface area contributed by atoms with E-state index in [0.717, 1.165) is 26.2 Å². The first-order valence-corrected chi connectivity index (χ1v) is 7.05. The second-order valence-electron chi connectivity index (χ2n) is 5.09. The molecule has 1 unspecified atom stereocenters. The lowest BCUT2D eigenvalue weighted by molar-refractivity contribution is -0.123. The molecule has 1 saturated heterocycles. The third-order valence-electron chi connectivity index (χ3n) is 3.81. The van der Waals surface area contributed by atoms with E-state index in [2.05, 4.69) is 4.90 Å². The number of carbonyl (C=O) groups is 1. The van der Waals surface area contributed by atoms with Crippen molar-refractivity contribution in [3.05, 3.63) is 34.6 Å². The number of benzene rings is 1. The largest absolute Gasteiger partial charge is 0.368 e. The molecule has 1 heterocycles. The number of piperazine rings is 1. The molecule has 1 amide bonds. The third kappa shape index (κ3) is 3.48. The summed E-state index contributed by atoms with van der Waals surface area (Å²) in [6.45, 7) is 5.33. The van der Waals surface area contributed by atoms with Gasteiger partial charge < -0.3 is 5.73 Å². The van der Waals surface area contributed by atoms with Crippen molar-refractivity contribution in [2.45, 2.75) is 19.5 Å². The molecule has 4 nitrogen and oxygen atoms in total. The number of hydrogen-bond acceptors (Lipinski definition) is 3. The molecule has 0 bridgehead atoms. The van der Waals surface area contributed by atoms with Gasteiger partial charge >= 0.3 is 0 Å². The molecule has 1 aromatic carbocycles. The Labute approximate surface area is 123 Å². The van der Waals surface area contributed by atoms with Crippen LogP contribution in [-0.2, 0) is 11.3 Å². The van der Waals surface area contributed by atoms with Crippen molar-refractivity contribution >= 4 is 17.5 Å². The quantitative estimate of drug-likeness (QED) is 0.916. The lowest BCUT2D eigenvalue weighted by Crippen LogP contribution is -2.52. The molecule has 2 N–H and O–H groups in total. The molecule has 2 rings (SSSR count). The third-order valence-corrected chi connectivity index (χ3v) is 4.16. The number of carbonyl (C=O) groups excluding carboxylic acids is 1. The van der Waals surface area contributed by atoms with Crippen LogP contribution in [0.2, 0.25) is 5.02 Å². The molecular formula is C14H19ClFN3O. The van der Waals surface area contributed by atoms with Crippen LogP contribution in [0.25, 0.3) is 0 Å². The normalized spacial score (nSPS) is 18.9. The van der Waals surface area contributed by atoms with Crippen LogP contribution in [0.15, 0.2) is 18.2 Å². The van der Waals surface area contributed by atoms with Gasteiger partial charge in [0.25, 0.3) is 0 Å². The Bertz CT molecular complexity index is 469. The molecule has 20 heavy (non-hydrogen) atoms. The highest BCUT2D eigenvalue weighted by atomic mass is 35.5. The minimum atomic E-state index is -0.310. The van der Waals surface area contributed by atoms with Gasteiger partial charge in [-0.3, -0.25) is 14.6 Å². The Morgan fingerprint density at radius 3 is 2.60 bits per heavy atom. The Balaban J connectivity index is 1.93. The maximum atomic E-state index is 13.7. The highest BCUT2D eigenvalue weighted by molar-refractivity contribution is 6.31. The van der Waals surface area contributed by atoms with Crippen LogP contribution in [0.5, 0.6) is 0 Å². The molecule has 1 fully saturated rings. The van der Waals surface area contributed by atoms with Crippen molar-refractivity contribution < 1.29 is 9.18 Å². The number of halogens is 2. The van der Waals surface area contributed by atoms with Crippen molar-refractivity contribution in [1.82, 2.24) is 9.80 Å². The number of rotatable bonds is 4. The van der Waals surface area contributed by atoms with Gasteiger partial charge in [0, 0.05) is 43.3 Å². The summed E-state index contributed by atoms with van der Waals surface area (Å²) < 4.78 is 13.7. The van der Waals surface area contributed by atoms with Gasteiger partial charge in [0.2, 0.25) is 5.91 Å². The van der Waals surface area contributed by atoms with Gasteiger partial charge in [-0.25, -0.2) is 4.39 Å². The molecule has 1 atom stereocenters. The summed E-state index contributed by atoms with van der Waals surface area (Å²) >= 11 is 6.03. The second-order valence-corrected chi connectivity index (χ2v) is 5.50. The molecule has 1 aliphatic heterocycles. The summed E-state index contributed by atoms with van der Waals surface area (Å²) in [5, 5.41) is 0.456. The predicted octanol–water partition coefficient (Wildman–Crippen LogP) is 1.47. The summed E-state index contributed by atoms with van der Waals surface area (Å²) in [5.41, 5.74) is 5.84. The number of nitrogens with zero attached hydrogens (tertiary/aromatic N) is 2. The molecule has 1 aromatic rings. The zero-order chi connectivity index (χ0) is 14.7. The van der Waals surface area contributed by atoms with Gasteiger partial charge in [-0.1, -0.05) is 17.7 Å². The zero-order valence-corrected chi connectivity index (χ0v) is 12.2. The minimum Gasteiger partial charge on any atom is -0.368 e. The Morgan fingerprint density at radius 2 is 2.05 bits per heavy atom. The Kier molecular flexibility index (Phi) is 4.96. The first-order chi connectivity index (χ1) is 9.49. The van der Waals surface area contributed by atoms with Crippen molar-refractivity contribution in [3.8, 4) is 0 Å². The average molecular weight is 300 g/mol. The van der Waals surface area contributed by atoms with Crippen LogP contribution in [-0.4, -0.2) is 47.9 Å². The first kappa shape index (κ1) is 15.2. The molecule has 0 aromatic heterocycles. The highest BCUT2D eigenvalue weighted by Crippen LogP contribution is 2.21. The summed E-state index contributed by atoms with van der Waals surface area (Å²) in [7, 11) is 0. The molecule has 6 heteroatoms. The predicted molar refractivity (Wildman–Crippen MR) is 76.9 cm³/mol. The summed E-state index contributed by atoms with van der Waals surface area (Å²) in [6, 6.07) is 4.47. The van der Waals surface area contributed by atoms with E-state index in [1.54, 1.807) is 12.1 Å². The topological polar surface area (TPSA) is 49.6 Å². The monoisotopic (exact) mass is 299 g/mol. The zero-order valence-electron chi connectivity index (χ0n) is 11.5. The van der Waals surface area contributed by atoms with E-state index in [0.29, 0.717) is 17.1 Å². The highest BCUT2D eigenvalue weighted by Gasteiger charge is 2.24. The lowest BCUT2D eigenvalue weighted by Gasteiger charge is -2.37. The molecule has 0 radical (unpaired) electrons. The second kappa shape index (κ2) is 6.52. The van der Waals surface area contributed by atoms with Gasteiger partial charge in [-0.2, -0.15) is 0 Å². The average Bonchev–Trinajstić information content (AvgIpc) is 2.43. The van der Waals surface area contributed by atoms with E-state index in [1.807, 2.05) is 11.8 Å². The molecule has 0 spiro atoms. The standard InChI is InChI=1S/C14H19ClFN3O/c1-10(14(17)20)19-7-5-18(6-8-19)9-11-12(15)3-2-4-13(11)16/h2-4,10H,5-9H2,1H3,(H2,17,20). The fraction of sp³-hybridized carbons (Fsp3) is 0.500. The smallest absolute Gasteiger partial charge is 0.234 e. The van der Waals surface area contributed by atoms with E-state index in [4.69, 9.17) is 17.3 Å². The van der Waals surface area contributed by atoms with Crippen LogP contribution < -0.4 is 5.73 Å². The maximum Gasteiger partial charge on any atom is 0.234 e. The molecule has 110 valence electrons. The van der Waals surface area contributed by atoms with Crippen LogP contribution in [0.1, 0.15) is 12.5 Å². The van der Waals surface area contributed by atoms with Gasteiger partial charge in [0.15, 0.2) is 0 Å². The van der Waals surface area contributed by atoms with Crippen LogP contribution >= 0.6 is 11.6 Å². The van der Waals surface area contributed by atoms with Crippen molar-refractivity contribution in [1.29, 1.82) is 0 Å². The van der Waals surface area contributed by atoms with Crippen molar-refractivity contribution in [2.75, 3.05) is 26.2 Å². The lowest BCUT2D eigenvalue weighted by atomic mass is 10.1. The molecule has 1 aliphatic rings. The fourth-order valence-corrected chi connectivity index (χ4v) is 2.62. The van der Waals surface area contributed by atoms with Crippen molar-refractivity contribution in [3.63, 3.8) is 0 Å². The summed E-state index contributed by atoms with van der Waals surface area (Å²) in [4.78, 5) is 15.3. The number of primary amides is 1. The van der Waals surface area contributed by atoms with Gasteiger partial charge in [0.05, 0.1) is 6.04 Å². The van der Waals surface area contributed by atoms with Crippen LogP contribution in [0.4, 0.5) is 4.39 Å². The van der Waals surface area contributed by atoms with E-state index in [-0.39, 0.29) is 17.8 Å². The van der Waals surface area contributed by atoms with Gasteiger partial charge in [0.1, 0.15) is 5.82 Å². The van der Waals surface area contributed by atoms with Crippen molar-refractivity contribution in [2.24, 2.45) is 5.73 Å². The maximum absolute atomic E-state index is 13.7. The van der Waals surface area contributed by atoms with E-state index in [1.165, 1.54) is 6.07 Å².